The molecule has 1 fully saturated rings. The number of hydrogen-bond acceptors (Lipinski definition) is 4. The van der Waals surface area contributed by atoms with Crippen LogP contribution in [0.15, 0.2) is 24.3 Å². The molecule has 1 aliphatic rings. The van der Waals surface area contributed by atoms with Gasteiger partial charge in [-0.05, 0) is 37.1 Å². The van der Waals surface area contributed by atoms with Gasteiger partial charge in [-0.15, -0.1) is 0 Å². The third kappa shape index (κ3) is 2.00. The first-order valence-electron chi connectivity index (χ1n) is 5.71. The summed E-state index contributed by atoms with van der Waals surface area (Å²) in [6, 6.07) is 7.54. The van der Waals surface area contributed by atoms with Gasteiger partial charge in [-0.25, -0.2) is 4.79 Å². The molecule has 0 spiro atoms. The molecular weight excluding hydrogens is 218 g/mol. The number of rotatable bonds is 3. The Balaban J connectivity index is 2.35. The van der Waals surface area contributed by atoms with Crippen LogP contribution in [-0.4, -0.2) is 26.7 Å². The first kappa shape index (κ1) is 11.9. The minimum Gasteiger partial charge on any atom is -0.497 e. The normalized spacial score (nSPS) is 23.4. The summed E-state index contributed by atoms with van der Waals surface area (Å²) in [5, 5.41) is 3.26. The molecule has 0 amide bonds. The van der Waals surface area contributed by atoms with Gasteiger partial charge < -0.3 is 9.47 Å². The van der Waals surface area contributed by atoms with E-state index >= 15 is 0 Å². The van der Waals surface area contributed by atoms with E-state index in [1.807, 2.05) is 24.3 Å². The maximum atomic E-state index is 12.0. The summed E-state index contributed by atoms with van der Waals surface area (Å²) in [7, 11) is 3.05. The number of nitrogens with one attached hydrogen (secondary N) is 1. The molecule has 92 valence electrons. The van der Waals surface area contributed by atoms with Crippen molar-refractivity contribution in [3.05, 3.63) is 29.8 Å². The Hall–Kier alpha value is -1.55. The Bertz CT molecular complexity index is 394. The van der Waals surface area contributed by atoms with Crippen molar-refractivity contribution in [1.29, 1.82) is 0 Å². The fraction of sp³-hybridized carbons (Fsp3) is 0.462. The summed E-state index contributed by atoms with van der Waals surface area (Å²) >= 11 is 0. The predicted octanol–water partition coefficient (Wildman–Crippen LogP) is 1.45. The molecule has 1 aliphatic heterocycles. The maximum Gasteiger partial charge on any atom is 0.330 e. The average Bonchev–Trinajstić information content (AvgIpc) is 2.88. The topological polar surface area (TPSA) is 47.6 Å². The van der Waals surface area contributed by atoms with Crippen LogP contribution in [0.2, 0.25) is 0 Å². The number of methoxy groups -OCH3 is 2. The van der Waals surface area contributed by atoms with E-state index in [4.69, 9.17) is 9.47 Å². The van der Waals surface area contributed by atoms with Gasteiger partial charge in [0, 0.05) is 0 Å². The minimum atomic E-state index is -0.680. The van der Waals surface area contributed by atoms with E-state index in [9.17, 15) is 4.79 Å². The first-order valence-corrected chi connectivity index (χ1v) is 5.71. The molecule has 1 saturated heterocycles. The van der Waals surface area contributed by atoms with Crippen LogP contribution >= 0.6 is 0 Å². The average molecular weight is 235 g/mol. The van der Waals surface area contributed by atoms with Gasteiger partial charge in [0.2, 0.25) is 0 Å². The molecule has 17 heavy (non-hydrogen) atoms. The lowest BCUT2D eigenvalue weighted by molar-refractivity contribution is -0.148. The SMILES string of the molecule is COC(=O)C1(c2ccc(OC)cc2)CCCN1. The number of ether oxygens (including phenoxy) is 2. The Kier molecular flexibility index (Phi) is 3.33. The lowest BCUT2D eigenvalue weighted by atomic mass is 9.88. The zero-order valence-corrected chi connectivity index (χ0v) is 10.2. The van der Waals surface area contributed by atoms with E-state index in [1.54, 1.807) is 7.11 Å². The minimum absolute atomic E-state index is 0.222. The van der Waals surface area contributed by atoms with Crippen LogP contribution < -0.4 is 10.1 Å². The fourth-order valence-corrected chi connectivity index (χ4v) is 2.33. The highest BCUT2D eigenvalue weighted by Gasteiger charge is 2.43. The van der Waals surface area contributed by atoms with Crippen molar-refractivity contribution in [2.45, 2.75) is 18.4 Å². The van der Waals surface area contributed by atoms with E-state index < -0.39 is 5.54 Å². The van der Waals surface area contributed by atoms with Crippen LogP contribution in [0, 0.1) is 0 Å². The molecule has 0 radical (unpaired) electrons. The molecule has 0 aliphatic carbocycles. The molecule has 1 unspecified atom stereocenters. The number of hydrogen-bond donors (Lipinski definition) is 1. The third-order valence-electron chi connectivity index (χ3n) is 3.27. The van der Waals surface area contributed by atoms with Crippen molar-refractivity contribution in [3.63, 3.8) is 0 Å². The van der Waals surface area contributed by atoms with Crippen LogP contribution in [0.1, 0.15) is 18.4 Å². The van der Waals surface area contributed by atoms with Gasteiger partial charge in [-0.3, -0.25) is 5.32 Å². The number of carbonyl (C=O) groups is 1. The van der Waals surface area contributed by atoms with E-state index in [0.717, 1.165) is 30.7 Å². The summed E-state index contributed by atoms with van der Waals surface area (Å²) in [5.74, 6) is 0.562. The van der Waals surface area contributed by atoms with Gasteiger partial charge in [-0.1, -0.05) is 12.1 Å². The second-order valence-corrected chi connectivity index (χ2v) is 4.16. The van der Waals surface area contributed by atoms with Gasteiger partial charge in [0.1, 0.15) is 11.3 Å². The van der Waals surface area contributed by atoms with Crippen molar-refractivity contribution in [1.82, 2.24) is 5.32 Å². The highest BCUT2D eigenvalue weighted by atomic mass is 16.5. The fourth-order valence-electron chi connectivity index (χ4n) is 2.33. The summed E-state index contributed by atoms with van der Waals surface area (Å²) < 4.78 is 10.0. The Morgan fingerprint density at radius 3 is 2.47 bits per heavy atom. The van der Waals surface area contributed by atoms with Crippen molar-refractivity contribution in [2.24, 2.45) is 0 Å². The molecular formula is C13H17NO3. The summed E-state index contributed by atoms with van der Waals surface area (Å²) in [6.45, 7) is 0.834. The molecule has 4 nitrogen and oxygen atoms in total. The second kappa shape index (κ2) is 4.75. The Morgan fingerprint density at radius 1 is 1.29 bits per heavy atom. The Labute approximate surface area is 101 Å². The third-order valence-corrected chi connectivity index (χ3v) is 3.27. The van der Waals surface area contributed by atoms with Crippen LogP contribution in [0.25, 0.3) is 0 Å². The van der Waals surface area contributed by atoms with E-state index in [2.05, 4.69) is 5.32 Å². The summed E-state index contributed by atoms with van der Waals surface area (Å²) in [6.07, 6.45) is 1.74. The molecule has 1 aromatic carbocycles. The standard InChI is InChI=1S/C13H17NO3/c1-16-11-6-4-10(5-7-11)13(12(15)17-2)8-3-9-14-13/h4-7,14H,3,8-9H2,1-2H3. The largest absolute Gasteiger partial charge is 0.497 e. The van der Waals surface area contributed by atoms with Crippen molar-refractivity contribution >= 4 is 5.97 Å². The van der Waals surface area contributed by atoms with E-state index in [1.165, 1.54) is 7.11 Å². The van der Waals surface area contributed by atoms with Crippen LogP contribution in [0.4, 0.5) is 0 Å². The van der Waals surface area contributed by atoms with Crippen molar-refractivity contribution in [2.75, 3.05) is 20.8 Å². The van der Waals surface area contributed by atoms with Gasteiger partial charge in [0.15, 0.2) is 0 Å². The lowest BCUT2D eigenvalue weighted by Crippen LogP contribution is -2.45. The van der Waals surface area contributed by atoms with Crippen LogP contribution in [0.3, 0.4) is 0 Å². The highest BCUT2D eigenvalue weighted by molar-refractivity contribution is 5.83. The smallest absolute Gasteiger partial charge is 0.330 e. The molecule has 0 aromatic heterocycles. The number of benzene rings is 1. The molecule has 1 heterocycles. The molecule has 4 heteroatoms. The molecule has 0 bridgehead atoms. The quantitative estimate of drug-likeness (QED) is 0.805. The van der Waals surface area contributed by atoms with Gasteiger partial charge >= 0.3 is 5.97 Å². The zero-order chi connectivity index (χ0) is 12.3. The van der Waals surface area contributed by atoms with Gasteiger partial charge in [0.25, 0.3) is 0 Å². The number of esters is 1. The first-order chi connectivity index (χ1) is 8.23. The van der Waals surface area contributed by atoms with Crippen LogP contribution in [0.5, 0.6) is 5.75 Å². The highest BCUT2D eigenvalue weighted by Crippen LogP contribution is 2.33. The molecule has 1 aromatic rings. The molecule has 2 rings (SSSR count). The summed E-state index contributed by atoms with van der Waals surface area (Å²) in [5.41, 5.74) is 0.253. The maximum absolute atomic E-state index is 12.0. The number of carbonyl (C=O) groups excluding carboxylic acids is 1. The van der Waals surface area contributed by atoms with E-state index in [0.29, 0.717) is 0 Å². The predicted molar refractivity (Wildman–Crippen MR) is 63.9 cm³/mol. The molecule has 1 N–H and O–H groups in total. The molecule has 0 saturated carbocycles. The molecule has 1 atom stereocenters. The van der Waals surface area contributed by atoms with Crippen molar-refractivity contribution in [3.8, 4) is 5.75 Å². The lowest BCUT2D eigenvalue weighted by Gasteiger charge is -2.27. The summed E-state index contributed by atoms with van der Waals surface area (Å²) in [4.78, 5) is 12.0. The van der Waals surface area contributed by atoms with Crippen LogP contribution in [-0.2, 0) is 15.1 Å². The van der Waals surface area contributed by atoms with E-state index in [-0.39, 0.29) is 5.97 Å². The Morgan fingerprint density at radius 2 is 2.00 bits per heavy atom. The van der Waals surface area contributed by atoms with Gasteiger partial charge in [0.05, 0.1) is 14.2 Å². The van der Waals surface area contributed by atoms with Crippen molar-refractivity contribution < 1.29 is 14.3 Å². The monoisotopic (exact) mass is 235 g/mol. The van der Waals surface area contributed by atoms with Gasteiger partial charge in [-0.2, -0.15) is 0 Å². The zero-order valence-electron chi connectivity index (χ0n) is 10.2. The second-order valence-electron chi connectivity index (χ2n) is 4.16.